The van der Waals surface area contributed by atoms with Gasteiger partial charge in [-0.15, -0.1) is 0 Å². The van der Waals surface area contributed by atoms with Crippen LogP contribution in [0.5, 0.6) is 0 Å². The van der Waals surface area contributed by atoms with E-state index in [0.29, 0.717) is 5.92 Å². The third-order valence-electron chi connectivity index (χ3n) is 1.56. The Morgan fingerprint density at radius 1 is 1.78 bits per heavy atom. The summed E-state index contributed by atoms with van der Waals surface area (Å²) in [4.78, 5) is 0. The Kier molecular flexibility index (Phi) is 2.46. The fraction of sp³-hybridized carbons (Fsp3) is 0.714. The molecule has 2 heteroatoms. The fourth-order valence-corrected chi connectivity index (χ4v) is 1.79. The molecule has 1 aliphatic rings. The molecule has 1 N–H and O–H groups in total. The highest BCUT2D eigenvalue weighted by Crippen LogP contribution is 2.15. The average molecular weight is 143 g/mol. The second-order valence-electron chi connectivity index (χ2n) is 2.43. The van der Waals surface area contributed by atoms with E-state index in [1.807, 2.05) is 11.8 Å². The van der Waals surface area contributed by atoms with Crippen molar-refractivity contribution in [3.05, 3.63) is 12.3 Å². The quantitative estimate of drug-likeness (QED) is 0.551. The first-order valence-electron chi connectivity index (χ1n) is 3.31. The largest absolute Gasteiger partial charge is 0.388 e. The minimum atomic E-state index is 0.650. The molecular weight excluding hydrogens is 130 g/mol. The predicted octanol–water partition coefficient (Wildman–Crippen LogP) is 1.47. The van der Waals surface area contributed by atoms with Crippen LogP contribution >= 0.6 is 11.8 Å². The molecule has 1 saturated heterocycles. The standard InChI is InChI=1S/C7H13NS/c1-6-5-9-4-3-8-7(6)2/h6,8H,2-5H2,1H3. The summed E-state index contributed by atoms with van der Waals surface area (Å²) in [6, 6.07) is 0. The Morgan fingerprint density at radius 3 is 3.33 bits per heavy atom. The summed E-state index contributed by atoms with van der Waals surface area (Å²) in [6.07, 6.45) is 0. The van der Waals surface area contributed by atoms with E-state index in [9.17, 15) is 0 Å². The number of rotatable bonds is 0. The number of thioether (sulfide) groups is 1. The van der Waals surface area contributed by atoms with Crippen LogP contribution in [-0.2, 0) is 0 Å². The molecule has 1 rings (SSSR count). The normalized spacial score (nSPS) is 29.0. The van der Waals surface area contributed by atoms with Crippen LogP contribution in [0.3, 0.4) is 0 Å². The van der Waals surface area contributed by atoms with Crippen molar-refractivity contribution < 1.29 is 0 Å². The van der Waals surface area contributed by atoms with Gasteiger partial charge in [0.05, 0.1) is 0 Å². The maximum atomic E-state index is 3.93. The van der Waals surface area contributed by atoms with Crippen molar-refractivity contribution in [3.63, 3.8) is 0 Å². The van der Waals surface area contributed by atoms with Crippen molar-refractivity contribution in [2.75, 3.05) is 18.1 Å². The van der Waals surface area contributed by atoms with Gasteiger partial charge >= 0.3 is 0 Å². The van der Waals surface area contributed by atoms with E-state index < -0.39 is 0 Å². The van der Waals surface area contributed by atoms with Gasteiger partial charge in [0.2, 0.25) is 0 Å². The van der Waals surface area contributed by atoms with E-state index >= 15 is 0 Å². The molecule has 1 fully saturated rings. The Bertz CT molecular complexity index is 111. The highest BCUT2D eigenvalue weighted by Gasteiger charge is 2.08. The first-order valence-corrected chi connectivity index (χ1v) is 4.46. The van der Waals surface area contributed by atoms with Crippen LogP contribution in [0.4, 0.5) is 0 Å². The molecule has 0 aromatic rings. The van der Waals surface area contributed by atoms with Crippen LogP contribution in [0.15, 0.2) is 12.3 Å². The van der Waals surface area contributed by atoms with E-state index in [1.54, 1.807) is 0 Å². The maximum Gasteiger partial charge on any atom is 0.0234 e. The monoisotopic (exact) mass is 143 g/mol. The van der Waals surface area contributed by atoms with Crippen molar-refractivity contribution in [3.8, 4) is 0 Å². The molecule has 0 bridgehead atoms. The van der Waals surface area contributed by atoms with Crippen molar-refractivity contribution in [2.45, 2.75) is 6.92 Å². The zero-order valence-corrected chi connectivity index (χ0v) is 6.63. The molecule has 1 aliphatic heterocycles. The van der Waals surface area contributed by atoms with Crippen molar-refractivity contribution >= 4 is 11.8 Å². The average Bonchev–Trinajstić information content (AvgIpc) is 1.99. The first kappa shape index (κ1) is 7.00. The van der Waals surface area contributed by atoms with E-state index in [2.05, 4.69) is 18.8 Å². The zero-order valence-electron chi connectivity index (χ0n) is 5.81. The van der Waals surface area contributed by atoms with Crippen LogP contribution in [0.1, 0.15) is 6.92 Å². The molecule has 0 spiro atoms. The van der Waals surface area contributed by atoms with Crippen LogP contribution in [0.2, 0.25) is 0 Å². The molecule has 1 unspecified atom stereocenters. The van der Waals surface area contributed by atoms with E-state index in [4.69, 9.17) is 0 Å². The zero-order chi connectivity index (χ0) is 6.69. The van der Waals surface area contributed by atoms with Gasteiger partial charge in [0, 0.05) is 29.7 Å². The summed E-state index contributed by atoms with van der Waals surface area (Å²) in [6.45, 7) is 7.24. The number of hydrogen-bond donors (Lipinski definition) is 1. The van der Waals surface area contributed by atoms with Crippen LogP contribution in [0, 0.1) is 5.92 Å². The third kappa shape index (κ3) is 1.94. The molecule has 0 amide bonds. The lowest BCUT2D eigenvalue weighted by Crippen LogP contribution is -2.17. The lowest BCUT2D eigenvalue weighted by atomic mass is 10.1. The summed E-state index contributed by atoms with van der Waals surface area (Å²) < 4.78 is 0. The molecule has 0 aromatic heterocycles. The summed E-state index contributed by atoms with van der Waals surface area (Å²) in [7, 11) is 0. The van der Waals surface area contributed by atoms with Gasteiger partial charge in [0.15, 0.2) is 0 Å². The highest BCUT2D eigenvalue weighted by atomic mass is 32.2. The molecule has 1 atom stereocenters. The Balaban J connectivity index is 2.41. The Morgan fingerprint density at radius 2 is 2.56 bits per heavy atom. The number of nitrogens with one attached hydrogen (secondary N) is 1. The second kappa shape index (κ2) is 3.16. The Hall–Kier alpha value is -0.110. The molecule has 0 aliphatic carbocycles. The number of hydrogen-bond acceptors (Lipinski definition) is 2. The summed E-state index contributed by atoms with van der Waals surface area (Å²) >= 11 is 2.00. The van der Waals surface area contributed by atoms with Crippen LogP contribution < -0.4 is 5.32 Å². The molecule has 1 heterocycles. The van der Waals surface area contributed by atoms with Gasteiger partial charge in [-0.2, -0.15) is 11.8 Å². The SMILES string of the molecule is C=C1NCCSCC1C. The minimum absolute atomic E-state index is 0.650. The van der Waals surface area contributed by atoms with Crippen LogP contribution in [-0.4, -0.2) is 18.1 Å². The van der Waals surface area contributed by atoms with E-state index in [1.165, 1.54) is 17.2 Å². The van der Waals surface area contributed by atoms with Gasteiger partial charge in [0.25, 0.3) is 0 Å². The molecule has 1 nitrogen and oxygen atoms in total. The third-order valence-corrected chi connectivity index (χ3v) is 2.79. The van der Waals surface area contributed by atoms with Crippen LogP contribution in [0.25, 0.3) is 0 Å². The summed E-state index contributed by atoms with van der Waals surface area (Å²) in [5, 5.41) is 3.28. The van der Waals surface area contributed by atoms with Gasteiger partial charge in [0.1, 0.15) is 0 Å². The van der Waals surface area contributed by atoms with Gasteiger partial charge < -0.3 is 5.32 Å². The predicted molar refractivity (Wildman–Crippen MR) is 43.6 cm³/mol. The smallest absolute Gasteiger partial charge is 0.0234 e. The molecule has 0 radical (unpaired) electrons. The van der Waals surface area contributed by atoms with Gasteiger partial charge in [-0.1, -0.05) is 13.5 Å². The molecular formula is C7H13NS. The molecule has 0 aromatic carbocycles. The van der Waals surface area contributed by atoms with E-state index in [0.717, 1.165) is 6.54 Å². The second-order valence-corrected chi connectivity index (χ2v) is 3.58. The first-order chi connectivity index (χ1) is 4.30. The minimum Gasteiger partial charge on any atom is -0.388 e. The van der Waals surface area contributed by atoms with Crippen molar-refractivity contribution in [1.29, 1.82) is 0 Å². The fourth-order valence-electron chi connectivity index (χ4n) is 0.819. The highest BCUT2D eigenvalue weighted by molar-refractivity contribution is 7.99. The van der Waals surface area contributed by atoms with Gasteiger partial charge in [-0.25, -0.2) is 0 Å². The van der Waals surface area contributed by atoms with Gasteiger partial charge in [-0.05, 0) is 0 Å². The lowest BCUT2D eigenvalue weighted by molar-refractivity contribution is 0.696. The topological polar surface area (TPSA) is 12.0 Å². The summed E-state index contributed by atoms with van der Waals surface area (Å²) in [5.41, 5.74) is 1.21. The maximum absolute atomic E-state index is 3.93. The van der Waals surface area contributed by atoms with Gasteiger partial charge in [-0.3, -0.25) is 0 Å². The van der Waals surface area contributed by atoms with Crippen molar-refractivity contribution in [1.82, 2.24) is 5.32 Å². The molecule has 0 saturated carbocycles. The summed E-state index contributed by atoms with van der Waals surface area (Å²) in [5.74, 6) is 3.10. The van der Waals surface area contributed by atoms with Crippen molar-refractivity contribution in [2.24, 2.45) is 5.92 Å². The number of allylic oxidation sites excluding steroid dienone is 1. The molecule has 52 valence electrons. The lowest BCUT2D eigenvalue weighted by Gasteiger charge is -2.09. The Labute approximate surface area is 60.9 Å². The molecule has 9 heavy (non-hydrogen) atoms. The van der Waals surface area contributed by atoms with E-state index in [-0.39, 0.29) is 0 Å².